The van der Waals surface area contributed by atoms with Gasteiger partial charge >= 0.3 is 6.03 Å². The van der Waals surface area contributed by atoms with Crippen LogP contribution >= 0.6 is 0 Å². The van der Waals surface area contributed by atoms with Crippen molar-refractivity contribution in [3.05, 3.63) is 18.0 Å². The molecule has 1 saturated carbocycles. The Balaban J connectivity index is 1.70. The number of carbonyl (C=O) groups is 1. The lowest BCUT2D eigenvalue weighted by Gasteiger charge is -2.23. The zero-order valence-electron chi connectivity index (χ0n) is 13.8. The third-order valence-corrected chi connectivity index (χ3v) is 4.32. The van der Waals surface area contributed by atoms with Gasteiger partial charge in [-0.2, -0.15) is 5.10 Å². The number of rotatable bonds is 6. The Morgan fingerprint density at radius 2 is 2.32 bits per heavy atom. The van der Waals surface area contributed by atoms with Gasteiger partial charge in [-0.25, -0.2) is 4.79 Å². The van der Waals surface area contributed by atoms with E-state index in [4.69, 9.17) is 0 Å². The monoisotopic (exact) mass is 308 g/mol. The molecule has 0 aliphatic heterocycles. The Morgan fingerprint density at radius 1 is 1.55 bits per heavy atom. The second-order valence-corrected chi connectivity index (χ2v) is 6.50. The summed E-state index contributed by atoms with van der Waals surface area (Å²) in [5, 5.41) is 17.2. The fraction of sp³-hybridized carbons (Fsp3) is 0.750. The summed E-state index contributed by atoms with van der Waals surface area (Å²) in [6, 6.07) is 2.26. The summed E-state index contributed by atoms with van der Waals surface area (Å²) in [5.74, 6) is 0.220. The van der Waals surface area contributed by atoms with Crippen molar-refractivity contribution in [3.63, 3.8) is 0 Å². The largest absolute Gasteiger partial charge is 0.393 e. The van der Waals surface area contributed by atoms with E-state index in [0.717, 1.165) is 31.4 Å². The number of carbonyl (C=O) groups excluding carboxylic acids is 1. The molecule has 0 radical (unpaired) electrons. The number of nitrogens with zero attached hydrogens (tertiary/aromatic N) is 3. The highest BCUT2D eigenvalue weighted by molar-refractivity contribution is 5.73. The predicted octanol–water partition coefficient (Wildman–Crippen LogP) is 1.81. The van der Waals surface area contributed by atoms with Gasteiger partial charge in [-0.1, -0.05) is 6.42 Å². The predicted molar refractivity (Wildman–Crippen MR) is 85.7 cm³/mol. The van der Waals surface area contributed by atoms with Crippen LogP contribution in [0.1, 0.15) is 44.8 Å². The van der Waals surface area contributed by atoms with Crippen LogP contribution in [0, 0.1) is 5.92 Å². The first-order valence-electron chi connectivity index (χ1n) is 8.18. The number of nitrogens with one attached hydrogen (secondary N) is 1. The molecule has 2 N–H and O–H groups in total. The summed E-state index contributed by atoms with van der Waals surface area (Å²) < 4.78 is 1.92. The number of amides is 2. The minimum absolute atomic E-state index is 0.0811. The van der Waals surface area contributed by atoms with Crippen molar-refractivity contribution in [2.24, 2.45) is 5.92 Å². The maximum atomic E-state index is 12.0. The molecule has 1 aliphatic rings. The summed E-state index contributed by atoms with van der Waals surface area (Å²) in [6.07, 6.45) is 5.36. The maximum absolute atomic E-state index is 12.0. The molecule has 0 spiro atoms. The molecule has 124 valence electrons. The first-order valence-corrected chi connectivity index (χ1v) is 8.18. The van der Waals surface area contributed by atoms with Gasteiger partial charge in [-0.3, -0.25) is 4.68 Å². The van der Waals surface area contributed by atoms with Crippen molar-refractivity contribution in [2.75, 3.05) is 20.1 Å². The molecule has 2 atom stereocenters. The third kappa shape index (κ3) is 4.47. The normalized spacial score (nSPS) is 21.3. The second kappa shape index (κ2) is 7.63. The highest BCUT2D eigenvalue weighted by Gasteiger charge is 2.27. The van der Waals surface area contributed by atoms with Crippen LogP contribution in [0.25, 0.3) is 0 Å². The second-order valence-electron chi connectivity index (χ2n) is 6.50. The van der Waals surface area contributed by atoms with E-state index in [0.29, 0.717) is 19.1 Å². The maximum Gasteiger partial charge on any atom is 0.317 e. The van der Waals surface area contributed by atoms with Crippen molar-refractivity contribution >= 4 is 6.03 Å². The number of hydrogen-bond donors (Lipinski definition) is 2. The van der Waals surface area contributed by atoms with Gasteiger partial charge in [0.25, 0.3) is 0 Å². The van der Waals surface area contributed by atoms with Crippen LogP contribution in [0.5, 0.6) is 0 Å². The van der Waals surface area contributed by atoms with E-state index in [-0.39, 0.29) is 18.1 Å². The first-order chi connectivity index (χ1) is 10.5. The van der Waals surface area contributed by atoms with Crippen molar-refractivity contribution in [2.45, 2.75) is 51.7 Å². The summed E-state index contributed by atoms with van der Waals surface area (Å²) >= 11 is 0. The molecular weight excluding hydrogens is 280 g/mol. The minimum Gasteiger partial charge on any atom is -0.393 e. The molecule has 0 saturated heterocycles. The molecule has 6 heteroatoms. The van der Waals surface area contributed by atoms with Crippen LogP contribution in [0.3, 0.4) is 0 Å². The van der Waals surface area contributed by atoms with Crippen molar-refractivity contribution in [1.82, 2.24) is 20.0 Å². The topological polar surface area (TPSA) is 70.4 Å². The van der Waals surface area contributed by atoms with Gasteiger partial charge in [0.15, 0.2) is 0 Å². The van der Waals surface area contributed by atoms with E-state index < -0.39 is 0 Å². The van der Waals surface area contributed by atoms with Crippen molar-refractivity contribution in [1.29, 1.82) is 0 Å². The fourth-order valence-corrected chi connectivity index (χ4v) is 2.90. The molecule has 1 aromatic rings. The van der Waals surface area contributed by atoms with Gasteiger partial charge in [-0.05, 0) is 32.8 Å². The molecule has 0 unspecified atom stereocenters. The number of hydrogen-bond acceptors (Lipinski definition) is 3. The third-order valence-electron chi connectivity index (χ3n) is 4.32. The number of urea groups is 1. The molecule has 6 nitrogen and oxygen atoms in total. The van der Waals surface area contributed by atoms with Crippen LogP contribution in [0.2, 0.25) is 0 Å². The smallest absolute Gasteiger partial charge is 0.317 e. The lowest BCUT2D eigenvalue weighted by Crippen LogP contribution is -2.41. The SMILES string of the molecule is CC(C)n1ccc(CCNC(=O)N(C)C[C@@H]2CCC[C@H]2O)n1. The summed E-state index contributed by atoms with van der Waals surface area (Å²) in [6.45, 7) is 5.37. The Labute approximate surface area is 132 Å². The average molecular weight is 308 g/mol. The van der Waals surface area contributed by atoms with Gasteiger partial charge in [0, 0.05) is 44.7 Å². The molecule has 1 aromatic heterocycles. The Kier molecular flexibility index (Phi) is 5.83. The highest BCUT2D eigenvalue weighted by Crippen LogP contribution is 2.25. The van der Waals surface area contributed by atoms with Gasteiger partial charge in [-0.15, -0.1) is 0 Å². The van der Waals surface area contributed by atoms with E-state index >= 15 is 0 Å². The molecule has 1 heterocycles. The zero-order chi connectivity index (χ0) is 16.1. The van der Waals surface area contributed by atoms with Crippen LogP contribution < -0.4 is 5.32 Å². The summed E-state index contributed by atoms with van der Waals surface area (Å²) in [7, 11) is 1.79. The van der Waals surface area contributed by atoms with E-state index in [2.05, 4.69) is 24.3 Å². The number of aromatic nitrogens is 2. The lowest BCUT2D eigenvalue weighted by atomic mass is 10.1. The standard InChI is InChI=1S/C16H28N4O2/c1-12(2)20-10-8-14(18-20)7-9-17-16(22)19(3)11-13-5-4-6-15(13)21/h8,10,12-13,15,21H,4-7,9,11H2,1-3H3,(H,17,22)/t13-,15+/m0/s1. The molecule has 0 aromatic carbocycles. The summed E-state index contributed by atoms with van der Waals surface area (Å²) in [5.41, 5.74) is 0.989. The van der Waals surface area contributed by atoms with E-state index in [1.807, 2.05) is 16.9 Å². The summed E-state index contributed by atoms with van der Waals surface area (Å²) in [4.78, 5) is 13.7. The quantitative estimate of drug-likeness (QED) is 0.842. The Hall–Kier alpha value is -1.56. The minimum atomic E-state index is -0.254. The van der Waals surface area contributed by atoms with Gasteiger partial charge < -0.3 is 15.3 Å². The van der Waals surface area contributed by atoms with Crippen LogP contribution in [0.15, 0.2) is 12.3 Å². The van der Waals surface area contributed by atoms with Gasteiger partial charge in [0.05, 0.1) is 11.8 Å². The van der Waals surface area contributed by atoms with Crippen LogP contribution in [0.4, 0.5) is 4.79 Å². The van der Waals surface area contributed by atoms with Crippen LogP contribution in [-0.2, 0) is 6.42 Å². The van der Waals surface area contributed by atoms with Crippen LogP contribution in [-0.4, -0.2) is 52.1 Å². The molecule has 1 fully saturated rings. The van der Waals surface area contributed by atoms with E-state index in [1.165, 1.54) is 0 Å². The molecule has 2 amide bonds. The molecule has 22 heavy (non-hydrogen) atoms. The van der Waals surface area contributed by atoms with Crippen molar-refractivity contribution < 1.29 is 9.90 Å². The lowest BCUT2D eigenvalue weighted by molar-refractivity contribution is 0.114. The first kappa shape index (κ1) is 16.8. The molecular formula is C16H28N4O2. The Bertz CT molecular complexity index is 486. The Morgan fingerprint density at radius 3 is 2.91 bits per heavy atom. The molecule has 0 bridgehead atoms. The number of aliphatic hydroxyl groups excluding tert-OH is 1. The zero-order valence-corrected chi connectivity index (χ0v) is 13.8. The highest BCUT2D eigenvalue weighted by atomic mass is 16.3. The van der Waals surface area contributed by atoms with E-state index in [9.17, 15) is 9.90 Å². The van der Waals surface area contributed by atoms with E-state index in [1.54, 1.807) is 11.9 Å². The van der Waals surface area contributed by atoms with Gasteiger partial charge in [0.2, 0.25) is 0 Å². The average Bonchev–Trinajstić information content (AvgIpc) is 3.09. The molecule has 1 aliphatic carbocycles. The fourth-order valence-electron chi connectivity index (χ4n) is 2.90. The van der Waals surface area contributed by atoms with Gasteiger partial charge in [0.1, 0.15) is 0 Å². The number of aliphatic hydroxyl groups is 1. The molecule has 2 rings (SSSR count). The van der Waals surface area contributed by atoms with Crippen molar-refractivity contribution in [3.8, 4) is 0 Å².